The lowest BCUT2D eigenvalue weighted by Gasteiger charge is -2.26. The quantitative estimate of drug-likeness (QED) is 0.178. The van der Waals surface area contributed by atoms with Gasteiger partial charge in [0.15, 0.2) is 0 Å². The predicted molar refractivity (Wildman–Crippen MR) is 209 cm³/mol. The van der Waals surface area contributed by atoms with Crippen LogP contribution >= 0.6 is 0 Å². The first-order chi connectivity index (χ1) is 24.2. The van der Waals surface area contributed by atoms with Gasteiger partial charge in [0.1, 0.15) is 0 Å². The summed E-state index contributed by atoms with van der Waals surface area (Å²) < 4.78 is 2.33. The Bertz CT molecular complexity index is 2580. The Morgan fingerprint density at radius 2 is 0.898 bits per heavy atom. The Kier molecular flexibility index (Phi) is 7.06. The molecule has 2 heteroatoms. The van der Waals surface area contributed by atoms with Crippen LogP contribution in [0.25, 0.3) is 66.0 Å². The van der Waals surface area contributed by atoms with Crippen molar-refractivity contribution >= 4 is 49.6 Å². The van der Waals surface area contributed by atoms with Gasteiger partial charge in [-0.05, 0) is 98.8 Å². The number of anilines is 3. The molecule has 0 aliphatic heterocycles. The van der Waals surface area contributed by atoms with E-state index in [4.69, 9.17) is 0 Å². The van der Waals surface area contributed by atoms with Gasteiger partial charge in [0.05, 0.1) is 0 Å². The van der Waals surface area contributed by atoms with Crippen molar-refractivity contribution in [2.75, 3.05) is 4.90 Å². The lowest BCUT2D eigenvalue weighted by atomic mass is 9.96. The van der Waals surface area contributed by atoms with E-state index in [1.54, 1.807) is 0 Å². The van der Waals surface area contributed by atoms with Gasteiger partial charge < -0.3 is 9.47 Å². The summed E-state index contributed by atoms with van der Waals surface area (Å²) in [7, 11) is 2.18. The van der Waals surface area contributed by atoms with Crippen molar-refractivity contribution in [1.29, 1.82) is 0 Å². The molecule has 1 heterocycles. The number of hydrogen-bond acceptors (Lipinski definition) is 1. The van der Waals surface area contributed by atoms with Crippen LogP contribution in [0.1, 0.15) is 0 Å². The first kappa shape index (κ1) is 28.8. The van der Waals surface area contributed by atoms with Crippen LogP contribution in [-0.4, -0.2) is 4.57 Å². The smallest absolute Gasteiger partial charge is 0.0495 e. The van der Waals surface area contributed by atoms with Gasteiger partial charge in [-0.1, -0.05) is 133 Å². The predicted octanol–water partition coefficient (Wildman–Crippen LogP) is 13.0. The van der Waals surface area contributed by atoms with Gasteiger partial charge in [-0.25, -0.2) is 0 Å². The fraction of sp³-hybridized carbons (Fsp3) is 0.0213. The number of fused-ring (bicyclic) bond motifs is 4. The van der Waals surface area contributed by atoms with Gasteiger partial charge in [0.25, 0.3) is 0 Å². The molecular formula is C47H34N2. The number of aryl methyl sites for hydroxylation is 1. The van der Waals surface area contributed by atoms with Gasteiger partial charge in [-0.15, -0.1) is 0 Å². The van der Waals surface area contributed by atoms with Crippen molar-refractivity contribution in [3.8, 4) is 33.4 Å². The number of hydrogen-bond donors (Lipinski definition) is 0. The highest BCUT2D eigenvalue weighted by Crippen LogP contribution is 2.40. The van der Waals surface area contributed by atoms with Gasteiger partial charge in [0.2, 0.25) is 0 Å². The SMILES string of the molecule is Cn1c2cc3ccccc3cc2c2c(-c3ccc(-c4ccc(N(c5ccccc5)c5cccc(-c6ccccc6)c5)cc4)cc3)cccc21. The van der Waals surface area contributed by atoms with Gasteiger partial charge >= 0.3 is 0 Å². The molecular weight excluding hydrogens is 593 g/mol. The van der Waals surface area contributed by atoms with E-state index in [9.17, 15) is 0 Å². The molecule has 0 amide bonds. The van der Waals surface area contributed by atoms with E-state index in [1.807, 2.05) is 0 Å². The molecule has 0 radical (unpaired) electrons. The van der Waals surface area contributed by atoms with Crippen molar-refractivity contribution in [2.45, 2.75) is 0 Å². The molecule has 0 aliphatic rings. The van der Waals surface area contributed by atoms with E-state index in [0.29, 0.717) is 0 Å². The van der Waals surface area contributed by atoms with Crippen LogP contribution in [0.15, 0.2) is 188 Å². The zero-order valence-corrected chi connectivity index (χ0v) is 27.3. The molecule has 0 aliphatic carbocycles. The van der Waals surface area contributed by atoms with Crippen LogP contribution < -0.4 is 4.90 Å². The first-order valence-electron chi connectivity index (χ1n) is 16.8. The maximum absolute atomic E-state index is 2.35. The summed E-state index contributed by atoms with van der Waals surface area (Å²) in [6, 6.07) is 67.9. The van der Waals surface area contributed by atoms with Crippen molar-refractivity contribution in [3.05, 3.63) is 188 Å². The van der Waals surface area contributed by atoms with E-state index in [2.05, 4.69) is 205 Å². The van der Waals surface area contributed by atoms with E-state index in [-0.39, 0.29) is 0 Å². The van der Waals surface area contributed by atoms with Crippen molar-refractivity contribution in [2.24, 2.45) is 7.05 Å². The summed E-state index contributed by atoms with van der Waals surface area (Å²) in [4.78, 5) is 2.33. The van der Waals surface area contributed by atoms with E-state index in [0.717, 1.165) is 17.1 Å². The molecule has 0 fully saturated rings. The normalized spacial score (nSPS) is 11.4. The largest absolute Gasteiger partial charge is 0.344 e. The van der Waals surface area contributed by atoms with Crippen LogP contribution in [0, 0.1) is 0 Å². The molecule has 1 aromatic heterocycles. The molecule has 9 rings (SSSR count). The number of benzene rings is 8. The van der Waals surface area contributed by atoms with E-state index < -0.39 is 0 Å². The first-order valence-corrected chi connectivity index (χ1v) is 16.8. The fourth-order valence-electron chi connectivity index (χ4n) is 7.30. The molecule has 0 atom stereocenters. The molecule has 232 valence electrons. The summed E-state index contributed by atoms with van der Waals surface area (Å²) in [5.74, 6) is 0. The van der Waals surface area contributed by atoms with Crippen LogP contribution in [0.3, 0.4) is 0 Å². The Morgan fingerprint density at radius 1 is 0.367 bits per heavy atom. The third-order valence-electron chi connectivity index (χ3n) is 9.78. The summed E-state index contributed by atoms with van der Waals surface area (Å²) in [5, 5.41) is 5.14. The third kappa shape index (κ3) is 5.15. The second-order valence-electron chi connectivity index (χ2n) is 12.7. The maximum atomic E-state index is 2.35. The molecule has 0 unspecified atom stereocenters. The zero-order valence-electron chi connectivity index (χ0n) is 27.3. The summed E-state index contributed by atoms with van der Waals surface area (Å²) >= 11 is 0. The molecule has 0 bridgehead atoms. The minimum Gasteiger partial charge on any atom is -0.344 e. The second kappa shape index (κ2) is 12.0. The average molecular weight is 627 g/mol. The lowest BCUT2D eigenvalue weighted by Crippen LogP contribution is -2.09. The van der Waals surface area contributed by atoms with Crippen molar-refractivity contribution in [3.63, 3.8) is 0 Å². The third-order valence-corrected chi connectivity index (χ3v) is 9.78. The van der Waals surface area contributed by atoms with Crippen LogP contribution in [0.2, 0.25) is 0 Å². The van der Waals surface area contributed by atoms with Gasteiger partial charge in [-0.3, -0.25) is 0 Å². The highest BCUT2D eigenvalue weighted by atomic mass is 15.1. The fourth-order valence-corrected chi connectivity index (χ4v) is 7.30. The Hall–Kier alpha value is -6.38. The molecule has 9 aromatic rings. The van der Waals surface area contributed by atoms with Gasteiger partial charge in [0, 0.05) is 45.9 Å². The molecule has 0 N–H and O–H groups in total. The van der Waals surface area contributed by atoms with Crippen LogP contribution in [0.4, 0.5) is 17.1 Å². The van der Waals surface area contributed by atoms with E-state index in [1.165, 1.54) is 66.0 Å². The zero-order chi connectivity index (χ0) is 32.7. The minimum atomic E-state index is 1.12. The van der Waals surface area contributed by atoms with Crippen molar-refractivity contribution < 1.29 is 0 Å². The number of para-hydroxylation sites is 1. The molecule has 8 aromatic carbocycles. The van der Waals surface area contributed by atoms with Crippen LogP contribution in [-0.2, 0) is 7.05 Å². The Balaban J connectivity index is 1.07. The summed E-state index contributed by atoms with van der Waals surface area (Å²) in [5.41, 5.74) is 13.2. The Morgan fingerprint density at radius 3 is 1.63 bits per heavy atom. The molecule has 0 spiro atoms. The van der Waals surface area contributed by atoms with Crippen LogP contribution in [0.5, 0.6) is 0 Å². The maximum Gasteiger partial charge on any atom is 0.0495 e. The summed E-state index contributed by atoms with van der Waals surface area (Å²) in [6.45, 7) is 0. The molecule has 0 saturated heterocycles. The highest BCUT2D eigenvalue weighted by Gasteiger charge is 2.16. The van der Waals surface area contributed by atoms with Crippen molar-refractivity contribution in [1.82, 2.24) is 4.57 Å². The molecule has 0 saturated carbocycles. The molecule has 49 heavy (non-hydrogen) atoms. The topological polar surface area (TPSA) is 8.17 Å². The second-order valence-corrected chi connectivity index (χ2v) is 12.7. The average Bonchev–Trinajstić information content (AvgIpc) is 3.45. The lowest BCUT2D eigenvalue weighted by molar-refractivity contribution is 1.02. The highest BCUT2D eigenvalue weighted by molar-refractivity contribution is 6.17. The molecule has 2 nitrogen and oxygen atoms in total. The van der Waals surface area contributed by atoms with E-state index >= 15 is 0 Å². The summed E-state index contributed by atoms with van der Waals surface area (Å²) in [6.07, 6.45) is 0. The monoisotopic (exact) mass is 626 g/mol. The Labute approximate surface area is 286 Å². The minimum absolute atomic E-state index is 1.12. The number of aromatic nitrogens is 1. The van der Waals surface area contributed by atoms with Gasteiger partial charge in [-0.2, -0.15) is 0 Å². The number of rotatable bonds is 6. The number of nitrogens with zero attached hydrogens (tertiary/aromatic N) is 2. The standard InChI is InChI=1S/C47H34N2/c1-48-45-21-11-20-43(47(45)44-31-38-14-8-9-15-39(38)32-46(44)48)36-24-22-34(23-25-36)35-26-28-41(29-27-35)49(40-17-6-3-7-18-40)42-19-10-16-37(30-42)33-12-4-2-5-13-33/h2-32H,1H3.